The predicted molar refractivity (Wildman–Crippen MR) is 121 cm³/mol. The number of nitrogens with zero attached hydrogens (tertiary/aromatic N) is 1. The summed E-state index contributed by atoms with van der Waals surface area (Å²) in [6.45, 7) is 0.980. The second kappa shape index (κ2) is 7.67. The number of hydrogen-bond acceptors (Lipinski definition) is 4. The Balaban J connectivity index is 1.45. The van der Waals surface area contributed by atoms with Crippen molar-refractivity contribution in [2.75, 3.05) is 18.4 Å². The van der Waals surface area contributed by atoms with Crippen LogP contribution in [0.15, 0.2) is 70.0 Å². The Morgan fingerprint density at radius 1 is 0.935 bits per heavy atom. The lowest BCUT2D eigenvalue weighted by Gasteiger charge is -2.16. The van der Waals surface area contributed by atoms with Crippen LogP contribution in [0.5, 0.6) is 0 Å². The lowest BCUT2D eigenvalue weighted by atomic mass is 10.1. The molecule has 1 fully saturated rings. The molecule has 0 bridgehead atoms. The number of nitrogens with one attached hydrogen (secondary N) is 1. The molecule has 0 radical (unpaired) electrons. The molecular weight excluding hydrogens is 436 g/mol. The van der Waals surface area contributed by atoms with E-state index in [9.17, 15) is 13.2 Å². The van der Waals surface area contributed by atoms with E-state index in [4.69, 9.17) is 16.0 Å². The first kappa shape index (κ1) is 20.1. The fourth-order valence-electron chi connectivity index (χ4n) is 3.92. The van der Waals surface area contributed by atoms with Crippen LogP contribution in [0.25, 0.3) is 21.9 Å². The first-order chi connectivity index (χ1) is 14.9. The third-order valence-electron chi connectivity index (χ3n) is 5.52. The van der Waals surface area contributed by atoms with Gasteiger partial charge in [0, 0.05) is 35.6 Å². The molecule has 1 aromatic heterocycles. The van der Waals surface area contributed by atoms with E-state index >= 15 is 0 Å². The van der Waals surface area contributed by atoms with Gasteiger partial charge in [0.05, 0.1) is 15.5 Å². The molecule has 158 valence electrons. The van der Waals surface area contributed by atoms with E-state index in [2.05, 4.69) is 5.32 Å². The highest BCUT2D eigenvalue weighted by Gasteiger charge is 2.28. The summed E-state index contributed by atoms with van der Waals surface area (Å²) in [4.78, 5) is 13.0. The average molecular weight is 455 g/mol. The molecule has 3 aromatic carbocycles. The van der Waals surface area contributed by atoms with Crippen molar-refractivity contribution in [1.82, 2.24) is 4.31 Å². The van der Waals surface area contributed by atoms with E-state index in [1.807, 2.05) is 30.3 Å². The van der Waals surface area contributed by atoms with Gasteiger partial charge in [-0.1, -0.05) is 29.8 Å². The number of para-hydroxylation sites is 1. The summed E-state index contributed by atoms with van der Waals surface area (Å²) < 4.78 is 33.0. The summed E-state index contributed by atoms with van der Waals surface area (Å²) in [5.41, 5.74) is 2.05. The number of anilines is 1. The standard InChI is InChI=1S/C23H19ClN2O4S/c24-20-10-8-16(31(28,29)26-11-3-4-12-26)14-19(20)23(27)25-15-7-9-18-17-5-1-2-6-21(17)30-22(18)13-15/h1-2,5-10,13-14H,3-4,11-12H2,(H,25,27). The van der Waals surface area contributed by atoms with Crippen LogP contribution >= 0.6 is 11.6 Å². The summed E-state index contributed by atoms with van der Waals surface area (Å²) in [5.74, 6) is -0.487. The Kier molecular flexibility index (Phi) is 4.97. The Bertz CT molecular complexity index is 1420. The van der Waals surface area contributed by atoms with Crippen LogP contribution in [-0.4, -0.2) is 31.7 Å². The Labute approximate surface area is 184 Å². The molecular formula is C23H19ClN2O4S. The maximum Gasteiger partial charge on any atom is 0.257 e. The molecule has 8 heteroatoms. The number of amides is 1. The van der Waals surface area contributed by atoms with Crippen molar-refractivity contribution in [3.8, 4) is 0 Å². The summed E-state index contributed by atoms with van der Waals surface area (Å²) in [7, 11) is -3.65. The molecule has 0 saturated carbocycles. The van der Waals surface area contributed by atoms with E-state index < -0.39 is 15.9 Å². The summed E-state index contributed by atoms with van der Waals surface area (Å²) in [6.07, 6.45) is 1.68. The zero-order valence-corrected chi connectivity index (χ0v) is 18.0. The quantitative estimate of drug-likeness (QED) is 0.455. The van der Waals surface area contributed by atoms with Crippen molar-refractivity contribution in [2.45, 2.75) is 17.7 Å². The maximum absolute atomic E-state index is 12.9. The number of benzene rings is 3. The lowest BCUT2D eigenvalue weighted by molar-refractivity contribution is 0.102. The fraction of sp³-hybridized carbons (Fsp3) is 0.174. The molecule has 1 saturated heterocycles. The molecule has 0 spiro atoms. The molecule has 31 heavy (non-hydrogen) atoms. The van der Waals surface area contributed by atoms with Crippen LogP contribution in [0.2, 0.25) is 5.02 Å². The van der Waals surface area contributed by atoms with Crippen molar-refractivity contribution in [3.05, 3.63) is 71.2 Å². The zero-order valence-electron chi connectivity index (χ0n) is 16.5. The topological polar surface area (TPSA) is 79.6 Å². The van der Waals surface area contributed by atoms with Gasteiger partial charge in [-0.25, -0.2) is 8.42 Å². The van der Waals surface area contributed by atoms with Gasteiger partial charge in [-0.05, 0) is 49.2 Å². The number of fused-ring (bicyclic) bond motifs is 3. The van der Waals surface area contributed by atoms with E-state index in [1.54, 1.807) is 12.1 Å². The Morgan fingerprint density at radius 2 is 1.68 bits per heavy atom. The monoisotopic (exact) mass is 454 g/mol. The van der Waals surface area contributed by atoms with Crippen molar-refractivity contribution in [2.24, 2.45) is 0 Å². The third-order valence-corrected chi connectivity index (χ3v) is 7.75. The van der Waals surface area contributed by atoms with Crippen LogP contribution < -0.4 is 5.32 Å². The average Bonchev–Trinajstić information content (AvgIpc) is 3.42. The van der Waals surface area contributed by atoms with E-state index in [0.29, 0.717) is 24.4 Å². The van der Waals surface area contributed by atoms with E-state index in [-0.39, 0.29) is 15.5 Å². The van der Waals surface area contributed by atoms with Gasteiger partial charge in [-0.2, -0.15) is 4.31 Å². The highest BCUT2D eigenvalue weighted by atomic mass is 35.5. The first-order valence-electron chi connectivity index (χ1n) is 9.96. The van der Waals surface area contributed by atoms with Gasteiger partial charge in [0.1, 0.15) is 11.2 Å². The van der Waals surface area contributed by atoms with Gasteiger partial charge in [0.15, 0.2) is 0 Å². The zero-order chi connectivity index (χ0) is 21.6. The fourth-order valence-corrected chi connectivity index (χ4v) is 5.67. The molecule has 5 rings (SSSR count). The van der Waals surface area contributed by atoms with Gasteiger partial charge in [-0.3, -0.25) is 4.79 Å². The van der Waals surface area contributed by atoms with Gasteiger partial charge < -0.3 is 9.73 Å². The second-order valence-electron chi connectivity index (χ2n) is 7.52. The molecule has 1 aliphatic heterocycles. The second-order valence-corrected chi connectivity index (χ2v) is 9.86. The maximum atomic E-state index is 12.9. The molecule has 4 aromatic rings. The minimum absolute atomic E-state index is 0.0664. The van der Waals surface area contributed by atoms with Crippen molar-refractivity contribution in [3.63, 3.8) is 0 Å². The van der Waals surface area contributed by atoms with E-state index in [1.165, 1.54) is 22.5 Å². The summed E-state index contributed by atoms with van der Waals surface area (Å²) >= 11 is 6.23. The normalized spacial score (nSPS) is 15.0. The van der Waals surface area contributed by atoms with Crippen LogP contribution in [0.1, 0.15) is 23.2 Å². The number of furan rings is 1. The van der Waals surface area contributed by atoms with Crippen molar-refractivity contribution in [1.29, 1.82) is 0 Å². The van der Waals surface area contributed by atoms with Gasteiger partial charge in [-0.15, -0.1) is 0 Å². The van der Waals surface area contributed by atoms with Crippen LogP contribution in [0, 0.1) is 0 Å². The molecule has 0 atom stereocenters. The van der Waals surface area contributed by atoms with Crippen LogP contribution in [0.4, 0.5) is 5.69 Å². The predicted octanol–water partition coefficient (Wildman–Crippen LogP) is 5.28. The van der Waals surface area contributed by atoms with Gasteiger partial charge >= 0.3 is 0 Å². The summed E-state index contributed by atoms with van der Waals surface area (Å²) in [6, 6.07) is 17.3. The largest absolute Gasteiger partial charge is 0.456 e. The van der Waals surface area contributed by atoms with E-state index in [0.717, 1.165) is 29.2 Å². The first-order valence-corrected chi connectivity index (χ1v) is 11.8. The number of carbonyl (C=O) groups is 1. The van der Waals surface area contributed by atoms with Gasteiger partial charge in [0.2, 0.25) is 10.0 Å². The molecule has 6 nitrogen and oxygen atoms in total. The van der Waals surface area contributed by atoms with Crippen LogP contribution in [0.3, 0.4) is 0 Å². The molecule has 1 N–H and O–H groups in total. The highest BCUT2D eigenvalue weighted by Crippen LogP contribution is 2.31. The number of sulfonamides is 1. The summed E-state index contributed by atoms with van der Waals surface area (Å²) in [5, 5.41) is 4.92. The highest BCUT2D eigenvalue weighted by molar-refractivity contribution is 7.89. The Hall–Kier alpha value is -2.87. The number of carbonyl (C=O) groups excluding carboxylic acids is 1. The molecule has 0 aliphatic carbocycles. The number of rotatable bonds is 4. The smallest absolute Gasteiger partial charge is 0.257 e. The lowest BCUT2D eigenvalue weighted by Crippen LogP contribution is -2.28. The van der Waals surface area contributed by atoms with Crippen LogP contribution in [-0.2, 0) is 10.0 Å². The van der Waals surface area contributed by atoms with Gasteiger partial charge in [0.25, 0.3) is 5.91 Å². The van der Waals surface area contributed by atoms with Crippen molar-refractivity contribution >= 4 is 55.2 Å². The number of hydrogen-bond donors (Lipinski definition) is 1. The molecule has 1 amide bonds. The Morgan fingerprint density at radius 3 is 2.48 bits per heavy atom. The SMILES string of the molecule is O=C(Nc1ccc2c(c1)oc1ccccc12)c1cc(S(=O)(=O)N2CCCC2)ccc1Cl. The van der Waals surface area contributed by atoms with Crippen molar-refractivity contribution < 1.29 is 17.6 Å². The molecule has 1 aliphatic rings. The number of halogens is 1. The molecule has 2 heterocycles. The minimum atomic E-state index is -3.65. The third kappa shape index (κ3) is 3.59. The minimum Gasteiger partial charge on any atom is -0.456 e. The molecule has 0 unspecified atom stereocenters.